The summed E-state index contributed by atoms with van der Waals surface area (Å²) in [6, 6.07) is 5.32. The lowest BCUT2D eigenvalue weighted by molar-refractivity contribution is -0.106. The highest BCUT2D eigenvalue weighted by Crippen LogP contribution is 2.43. The third-order valence-corrected chi connectivity index (χ3v) is 4.35. The zero-order valence-corrected chi connectivity index (χ0v) is 12.6. The SMILES string of the molecule is CC1(C)Oc2ccc(Cl)cc2C(O)C1N1CCOCC1. The van der Waals surface area contributed by atoms with E-state index in [1.807, 2.05) is 19.9 Å². The highest BCUT2D eigenvalue weighted by molar-refractivity contribution is 6.30. The second-order valence-corrected chi connectivity index (χ2v) is 6.36. The monoisotopic (exact) mass is 297 g/mol. The van der Waals surface area contributed by atoms with Gasteiger partial charge in [0.25, 0.3) is 0 Å². The number of hydrogen-bond donors (Lipinski definition) is 1. The second-order valence-electron chi connectivity index (χ2n) is 5.93. The minimum atomic E-state index is -0.606. The molecule has 110 valence electrons. The summed E-state index contributed by atoms with van der Waals surface area (Å²) in [4.78, 5) is 2.25. The summed E-state index contributed by atoms with van der Waals surface area (Å²) in [5.41, 5.74) is 0.311. The molecule has 1 saturated heterocycles. The lowest BCUT2D eigenvalue weighted by Crippen LogP contribution is -2.60. The van der Waals surface area contributed by atoms with E-state index < -0.39 is 11.7 Å². The first-order chi connectivity index (χ1) is 9.49. The van der Waals surface area contributed by atoms with Crippen LogP contribution in [0.1, 0.15) is 25.5 Å². The molecule has 1 aromatic carbocycles. The molecule has 0 spiro atoms. The van der Waals surface area contributed by atoms with Crippen molar-refractivity contribution in [1.29, 1.82) is 0 Å². The van der Waals surface area contributed by atoms with Gasteiger partial charge in [-0.3, -0.25) is 4.90 Å². The van der Waals surface area contributed by atoms with Gasteiger partial charge >= 0.3 is 0 Å². The molecule has 0 saturated carbocycles. The van der Waals surface area contributed by atoms with Crippen LogP contribution in [-0.4, -0.2) is 48.0 Å². The summed E-state index contributed by atoms with van der Waals surface area (Å²) in [6.45, 7) is 7.06. The molecule has 2 atom stereocenters. The normalized spacial score (nSPS) is 29.6. The molecule has 20 heavy (non-hydrogen) atoms. The van der Waals surface area contributed by atoms with Gasteiger partial charge in [0.15, 0.2) is 0 Å². The van der Waals surface area contributed by atoms with E-state index in [0.717, 1.165) is 24.4 Å². The fourth-order valence-electron chi connectivity index (χ4n) is 3.23. The van der Waals surface area contributed by atoms with Gasteiger partial charge in [0.2, 0.25) is 0 Å². The van der Waals surface area contributed by atoms with Gasteiger partial charge in [-0.15, -0.1) is 0 Å². The average Bonchev–Trinajstić information content (AvgIpc) is 2.40. The molecule has 0 bridgehead atoms. The van der Waals surface area contributed by atoms with E-state index in [0.29, 0.717) is 18.2 Å². The lowest BCUT2D eigenvalue weighted by Gasteiger charge is -2.49. The van der Waals surface area contributed by atoms with E-state index >= 15 is 0 Å². The Kier molecular flexibility index (Phi) is 3.67. The van der Waals surface area contributed by atoms with Crippen LogP contribution in [0, 0.1) is 0 Å². The van der Waals surface area contributed by atoms with E-state index in [1.54, 1.807) is 12.1 Å². The van der Waals surface area contributed by atoms with E-state index in [1.165, 1.54) is 0 Å². The van der Waals surface area contributed by atoms with Crippen molar-refractivity contribution in [2.75, 3.05) is 26.3 Å². The number of ether oxygens (including phenoxy) is 2. The van der Waals surface area contributed by atoms with Gasteiger partial charge in [-0.2, -0.15) is 0 Å². The third kappa shape index (κ3) is 2.42. The van der Waals surface area contributed by atoms with Crippen LogP contribution in [0.2, 0.25) is 5.02 Å². The number of benzene rings is 1. The Bertz CT molecular complexity index is 500. The Morgan fingerprint density at radius 1 is 1.30 bits per heavy atom. The van der Waals surface area contributed by atoms with Crippen LogP contribution in [0.5, 0.6) is 5.75 Å². The molecule has 1 aromatic rings. The van der Waals surface area contributed by atoms with Crippen molar-refractivity contribution in [3.8, 4) is 5.75 Å². The molecule has 3 rings (SSSR count). The molecule has 5 heteroatoms. The fourth-order valence-corrected chi connectivity index (χ4v) is 3.41. The lowest BCUT2D eigenvalue weighted by atomic mass is 9.84. The topological polar surface area (TPSA) is 41.9 Å². The van der Waals surface area contributed by atoms with Crippen LogP contribution in [0.15, 0.2) is 18.2 Å². The molecule has 1 N–H and O–H groups in total. The number of aliphatic hydroxyl groups excluding tert-OH is 1. The predicted octanol–water partition coefficient (Wildman–Crippen LogP) is 2.25. The van der Waals surface area contributed by atoms with Gasteiger partial charge in [-0.1, -0.05) is 11.6 Å². The first-order valence-corrected chi connectivity index (χ1v) is 7.35. The van der Waals surface area contributed by atoms with Crippen LogP contribution in [0.4, 0.5) is 0 Å². The van der Waals surface area contributed by atoms with Crippen LogP contribution < -0.4 is 4.74 Å². The average molecular weight is 298 g/mol. The first kappa shape index (κ1) is 14.1. The Morgan fingerprint density at radius 3 is 2.70 bits per heavy atom. The number of morpholine rings is 1. The van der Waals surface area contributed by atoms with Crippen molar-refractivity contribution >= 4 is 11.6 Å². The summed E-state index contributed by atoms with van der Waals surface area (Å²) in [6.07, 6.45) is -0.606. The summed E-state index contributed by atoms with van der Waals surface area (Å²) in [5.74, 6) is 0.719. The van der Waals surface area contributed by atoms with Crippen molar-refractivity contribution in [3.63, 3.8) is 0 Å². The maximum atomic E-state index is 10.8. The number of nitrogens with zero attached hydrogens (tertiary/aromatic N) is 1. The summed E-state index contributed by atoms with van der Waals surface area (Å²) in [5, 5.41) is 11.4. The third-order valence-electron chi connectivity index (χ3n) is 4.11. The van der Waals surface area contributed by atoms with Crippen molar-refractivity contribution < 1.29 is 14.6 Å². The fraction of sp³-hybridized carbons (Fsp3) is 0.600. The molecule has 2 aliphatic heterocycles. The number of hydrogen-bond acceptors (Lipinski definition) is 4. The number of rotatable bonds is 1. The van der Waals surface area contributed by atoms with Gasteiger partial charge in [0.05, 0.1) is 19.3 Å². The predicted molar refractivity (Wildman–Crippen MR) is 77.3 cm³/mol. The Hall–Kier alpha value is -0.810. The van der Waals surface area contributed by atoms with Crippen LogP contribution >= 0.6 is 11.6 Å². The molecular formula is C15H20ClNO3. The van der Waals surface area contributed by atoms with E-state index in [9.17, 15) is 5.11 Å². The highest BCUT2D eigenvalue weighted by atomic mass is 35.5. The maximum absolute atomic E-state index is 10.8. The molecule has 0 aliphatic carbocycles. The summed E-state index contributed by atoms with van der Waals surface area (Å²) >= 11 is 6.05. The van der Waals surface area contributed by atoms with Crippen molar-refractivity contribution in [1.82, 2.24) is 4.90 Å². The summed E-state index contributed by atoms with van der Waals surface area (Å²) < 4.78 is 11.5. The van der Waals surface area contributed by atoms with Crippen molar-refractivity contribution in [3.05, 3.63) is 28.8 Å². The second kappa shape index (κ2) is 5.19. The van der Waals surface area contributed by atoms with Gasteiger partial charge in [-0.05, 0) is 32.0 Å². The Balaban J connectivity index is 1.97. The largest absolute Gasteiger partial charge is 0.486 e. The molecule has 2 unspecified atom stereocenters. The molecule has 1 fully saturated rings. The number of halogens is 1. The zero-order chi connectivity index (χ0) is 14.3. The molecule has 4 nitrogen and oxygen atoms in total. The van der Waals surface area contributed by atoms with Crippen molar-refractivity contribution in [2.24, 2.45) is 0 Å². The van der Waals surface area contributed by atoms with Gasteiger partial charge < -0.3 is 14.6 Å². The van der Waals surface area contributed by atoms with Gasteiger partial charge in [0.1, 0.15) is 17.5 Å². The number of aliphatic hydroxyl groups is 1. The molecule has 0 aromatic heterocycles. The number of fused-ring (bicyclic) bond motifs is 1. The van der Waals surface area contributed by atoms with Crippen LogP contribution in [-0.2, 0) is 4.74 Å². The van der Waals surface area contributed by atoms with E-state index in [2.05, 4.69) is 4.90 Å². The molecule has 0 radical (unpaired) electrons. The Morgan fingerprint density at radius 2 is 2.00 bits per heavy atom. The van der Waals surface area contributed by atoms with Crippen LogP contribution in [0.25, 0.3) is 0 Å². The van der Waals surface area contributed by atoms with Gasteiger partial charge in [0, 0.05) is 23.7 Å². The molecule has 0 amide bonds. The quantitative estimate of drug-likeness (QED) is 0.863. The van der Waals surface area contributed by atoms with Gasteiger partial charge in [-0.25, -0.2) is 0 Å². The minimum Gasteiger partial charge on any atom is -0.486 e. The van der Waals surface area contributed by atoms with E-state index in [-0.39, 0.29) is 6.04 Å². The minimum absolute atomic E-state index is 0.0997. The van der Waals surface area contributed by atoms with Crippen LogP contribution in [0.3, 0.4) is 0 Å². The maximum Gasteiger partial charge on any atom is 0.126 e. The smallest absolute Gasteiger partial charge is 0.126 e. The standard InChI is InChI=1S/C15H20ClNO3/c1-15(2)14(17-5-7-19-8-6-17)13(18)11-9-10(16)3-4-12(11)20-15/h3-4,9,13-14,18H,5-8H2,1-2H3. The zero-order valence-electron chi connectivity index (χ0n) is 11.8. The summed E-state index contributed by atoms with van der Waals surface area (Å²) in [7, 11) is 0. The highest BCUT2D eigenvalue weighted by Gasteiger charge is 2.46. The molecule has 2 aliphatic rings. The van der Waals surface area contributed by atoms with E-state index in [4.69, 9.17) is 21.1 Å². The van der Waals surface area contributed by atoms with Crippen molar-refractivity contribution in [2.45, 2.75) is 31.6 Å². The molecular weight excluding hydrogens is 278 g/mol. The Labute approximate surface area is 124 Å². The first-order valence-electron chi connectivity index (χ1n) is 6.97. The molecule has 2 heterocycles.